The van der Waals surface area contributed by atoms with Gasteiger partial charge in [-0.3, -0.25) is 4.79 Å². The van der Waals surface area contributed by atoms with Crippen molar-refractivity contribution in [2.75, 3.05) is 7.11 Å². The Morgan fingerprint density at radius 2 is 2.17 bits per heavy atom. The van der Waals surface area contributed by atoms with Crippen molar-refractivity contribution < 1.29 is 19.2 Å². The highest BCUT2D eigenvalue weighted by Crippen LogP contribution is 1.89. The molecule has 12 heavy (non-hydrogen) atoms. The van der Waals surface area contributed by atoms with Gasteiger partial charge < -0.3 is 9.57 Å². The molecule has 0 saturated carbocycles. The summed E-state index contributed by atoms with van der Waals surface area (Å²) in [5.41, 5.74) is 1.86. The molecule has 0 aromatic heterocycles. The molecule has 0 heterocycles. The van der Waals surface area contributed by atoms with E-state index in [1.807, 2.05) is 5.48 Å². The van der Waals surface area contributed by atoms with Crippen LogP contribution in [0, 0.1) is 0 Å². The van der Waals surface area contributed by atoms with Gasteiger partial charge in [0, 0.05) is 7.11 Å². The summed E-state index contributed by atoms with van der Waals surface area (Å²) in [5, 5.41) is 0. The fourth-order valence-corrected chi connectivity index (χ4v) is 0.321. The second-order valence-corrected chi connectivity index (χ2v) is 1.97. The molecule has 1 amide bonds. The Hall–Kier alpha value is -1.36. The molecule has 0 rings (SSSR count). The monoisotopic (exact) mass is 173 g/mol. The van der Waals surface area contributed by atoms with Crippen LogP contribution in [0.4, 0.5) is 0 Å². The predicted octanol–water partition coefficient (Wildman–Crippen LogP) is -0.218. The predicted molar refractivity (Wildman–Crippen MR) is 40.9 cm³/mol. The number of nitrogens with one attached hydrogen (secondary N) is 1. The normalized spacial score (nSPS) is 11.5. The lowest BCUT2D eigenvalue weighted by atomic mass is 10.4. The van der Waals surface area contributed by atoms with Gasteiger partial charge in [0.25, 0.3) is 5.91 Å². The number of amides is 1. The number of carbonyl (C=O) groups is 2. The fraction of sp³-hybridized carbons (Fsp3) is 0.429. The SMILES string of the molecule is C=CC(=O)NOC(=O)C(C)OC. The van der Waals surface area contributed by atoms with Crippen molar-refractivity contribution in [3.8, 4) is 0 Å². The first-order valence-electron chi connectivity index (χ1n) is 3.27. The van der Waals surface area contributed by atoms with Gasteiger partial charge in [-0.15, -0.1) is 0 Å². The van der Waals surface area contributed by atoms with Crippen molar-refractivity contribution in [1.82, 2.24) is 5.48 Å². The molecule has 0 fully saturated rings. The molecular weight excluding hydrogens is 162 g/mol. The number of methoxy groups -OCH3 is 1. The Morgan fingerprint density at radius 3 is 2.58 bits per heavy atom. The Bertz CT molecular complexity index is 190. The van der Waals surface area contributed by atoms with Gasteiger partial charge in [-0.1, -0.05) is 6.58 Å². The summed E-state index contributed by atoms with van der Waals surface area (Å²) in [6.45, 7) is 4.67. The van der Waals surface area contributed by atoms with Crippen molar-refractivity contribution in [2.45, 2.75) is 13.0 Å². The minimum atomic E-state index is -0.699. The van der Waals surface area contributed by atoms with E-state index >= 15 is 0 Å². The van der Waals surface area contributed by atoms with Gasteiger partial charge in [-0.2, -0.15) is 5.48 Å². The van der Waals surface area contributed by atoms with Crippen molar-refractivity contribution in [3.63, 3.8) is 0 Å². The van der Waals surface area contributed by atoms with E-state index in [0.29, 0.717) is 0 Å². The Labute approximate surface area is 70.3 Å². The summed E-state index contributed by atoms with van der Waals surface area (Å²) in [5.74, 6) is -1.24. The quantitative estimate of drug-likeness (QED) is 0.473. The van der Waals surface area contributed by atoms with E-state index in [1.54, 1.807) is 0 Å². The van der Waals surface area contributed by atoms with Gasteiger partial charge in [0.2, 0.25) is 0 Å². The smallest absolute Gasteiger partial charge is 0.360 e. The minimum absolute atomic E-state index is 0.577. The van der Waals surface area contributed by atoms with Crippen molar-refractivity contribution >= 4 is 11.9 Å². The maximum Gasteiger partial charge on any atom is 0.360 e. The minimum Gasteiger partial charge on any atom is -0.370 e. The second kappa shape index (κ2) is 5.31. The number of hydroxylamine groups is 1. The highest BCUT2D eigenvalue weighted by atomic mass is 16.7. The van der Waals surface area contributed by atoms with E-state index in [1.165, 1.54) is 14.0 Å². The lowest BCUT2D eigenvalue weighted by Crippen LogP contribution is -2.31. The summed E-state index contributed by atoms with van der Waals surface area (Å²) in [6.07, 6.45) is 0.292. The second-order valence-electron chi connectivity index (χ2n) is 1.97. The lowest BCUT2D eigenvalue weighted by molar-refractivity contribution is -0.165. The van der Waals surface area contributed by atoms with Crippen molar-refractivity contribution in [2.24, 2.45) is 0 Å². The average molecular weight is 173 g/mol. The molecule has 0 aliphatic heterocycles. The molecule has 1 N–H and O–H groups in total. The summed E-state index contributed by atoms with van der Waals surface area (Å²) in [6, 6.07) is 0. The number of hydrogen-bond acceptors (Lipinski definition) is 4. The zero-order valence-electron chi connectivity index (χ0n) is 6.99. The molecule has 0 spiro atoms. The van der Waals surface area contributed by atoms with Crippen LogP contribution in [-0.4, -0.2) is 25.1 Å². The zero-order valence-corrected chi connectivity index (χ0v) is 6.99. The third-order valence-electron chi connectivity index (χ3n) is 1.12. The molecule has 0 bridgehead atoms. The van der Waals surface area contributed by atoms with E-state index in [9.17, 15) is 9.59 Å². The number of hydrogen-bond donors (Lipinski definition) is 1. The number of rotatable bonds is 3. The molecule has 5 heteroatoms. The molecule has 0 aromatic carbocycles. The lowest BCUT2D eigenvalue weighted by Gasteiger charge is -2.07. The molecule has 5 nitrogen and oxygen atoms in total. The molecule has 68 valence electrons. The highest BCUT2D eigenvalue weighted by Gasteiger charge is 2.13. The zero-order chi connectivity index (χ0) is 9.56. The Kier molecular flexibility index (Phi) is 4.71. The summed E-state index contributed by atoms with van der Waals surface area (Å²) < 4.78 is 4.63. The van der Waals surface area contributed by atoms with Crippen LogP contribution < -0.4 is 5.48 Å². The van der Waals surface area contributed by atoms with Crippen molar-refractivity contribution in [1.29, 1.82) is 0 Å². The highest BCUT2D eigenvalue weighted by molar-refractivity contribution is 5.87. The van der Waals surface area contributed by atoms with Crippen molar-refractivity contribution in [3.05, 3.63) is 12.7 Å². The van der Waals surface area contributed by atoms with Gasteiger partial charge in [0.05, 0.1) is 0 Å². The molecule has 1 atom stereocenters. The summed E-state index contributed by atoms with van der Waals surface area (Å²) in [4.78, 5) is 25.6. The van der Waals surface area contributed by atoms with Crippen LogP contribution in [0.3, 0.4) is 0 Å². The maximum absolute atomic E-state index is 10.8. The molecule has 0 aliphatic carbocycles. The first-order chi connectivity index (χ1) is 5.61. The van der Waals surface area contributed by atoms with Gasteiger partial charge in [-0.25, -0.2) is 4.79 Å². The molecule has 0 aliphatic rings. The van der Waals surface area contributed by atoms with Crippen LogP contribution in [-0.2, 0) is 19.2 Å². The standard InChI is InChI=1S/C7H11NO4/c1-4-6(9)8-12-7(10)5(2)11-3/h4-5H,1H2,2-3H3,(H,8,9). The summed E-state index contributed by atoms with van der Waals surface area (Å²) in [7, 11) is 1.36. The molecule has 0 aromatic rings. The molecule has 0 saturated heterocycles. The fourth-order valence-electron chi connectivity index (χ4n) is 0.321. The Balaban J connectivity index is 3.71. The van der Waals surface area contributed by atoms with Crippen LogP contribution in [0.5, 0.6) is 0 Å². The van der Waals surface area contributed by atoms with E-state index in [-0.39, 0.29) is 0 Å². The van der Waals surface area contributed by atoms with Crippen LogP contribution in [0.2, 0.25) is 0 Å². The topological polar surface area (TPSA) is 64.6 Å². The van der Waals surface area contributed by atoms with E-state index in [4.69, 9.17) is 0 Å². The first-order valence-corrected chi connectivity index (χ1v) is 3.27. The van der Waals surface area contributed by atoms with E-state index < -0.39 is 18.0 Å². The third kappa shape index (κ3) is 3.72. The van der Waals surface area contributed by atoms with Crippen LogP contribution in [0.15, 0.2) is 12.7 Å². The molecular formula is C7H11NO4. The van der Waals surface area contributed by atoms with Gasteiger partial charge in [0.1, 0.15) is 0 Å². The van der Waals surface area contributed by atoms with Gasteiger partial charge >= 0.3 is 5.97 Å². The molecule has 1 unspecified atom stereocenters. The average Bonchev–Trinajstić information content (AvgIpc) is 2.11. The number of carbonyl (C=O) groups excluding carboxylic acids is 2. The van der Waals surface area contributed by atoms with Crippen LogP contribution >= 0.6 is 0 Å². The summed E-state index contributed by atoms with van der Waals surface area (Å²) >= 11 is 0. The van der Waals surface area contributed by atoms with Crippen LogP contribution in [0.1, 0.15) is 6.92 Å². The third-order valence-corrected chi connectivity index (χ3v) is 1.12. The number of ether oxygens (including phenoxy) is 1. The largest absolute Gasteiger partial charge is 0.370 e. The first kappa shape index (κ1) is 10.6. The van der Waals surface area contributed by atoms with E-state index in [2.05, 4.69) is 16.2 Å². The van der Waals surface area contributed by atoms with Gasteiger partial charge in [-0.05, 0) is 13.0 Å². The van der Waals surface area contributed by atoms with Crippen LogP contribution in [0.25, 0.3) is 0 Å². The molecule has 0 radical (unpaired) electrons. The maximum atomic E-state index is 10.8. The van der Waals surface area contributed by atoms with E-state index in [0.717, 1.165) is 6.08 Å². The Morgan fingerprint density at radius 1 is 1.58 bits per heavy atom. The van der Waals surface area contributed by atoms with Gasteiger partial charge in [0.15, 0.2) is 6.10 Å².